The van der Waals surface area contributed by atoms with E-state index in [2.05, 4.69) is 15.3 Å². The minimum Gasteiger partial charge on any atom is -0.365 e. The number of carbonyl (C=O) groups is 1. The van der Waals surface area contributed by atoms with Gasteiger partial charge in [-0.2, -0.15) is 13.2 Å². The molecule has 0 aliphatic carbocycles. The van der Waals surface area contributed by atoms with Crippen LogP contribution in [0, 0.1) is 5.92 Å². The second-order valence-corrected chi connectivity index (χ2v) is 11.5. The smallest absolute Gasteiger partial charge is 0.365 e. The van der Waals surface area contributed by atoms with Crippen molar-refractivity contribution < 1.29 is 26.4 Å². The molecule has 1 atom stereocenters. The first-order valence-electron chi connectivity index (χ1n) is 11.4. The number of benzene rings is 1. The molecule has 1 unspecified atom stereocenters. The zero-order chi connectivity index (χ0) is 27.2. The van der Waals surface area contributed by atoms with Gasteiger partial charge in [-0.1, -0.05) is 25.1 Å². The van der Waals surface area contributed by atoms with E-state index in [4.69, 9.17) is 5.73 Å². The van der Waals surface area contributed by atoms with Crippen LogP contribution in [0.15, 0.2) is 64.6 Å². The zero-order valence-corrected chi connectivity index (χ0v) is 21.2. The van der Waals surface area contributed by atoms with Gasteiger partial charge in [0.1, 0.15) is 17.2 Å². The van der Waals surface area contributed by atoms with Crippen LogP contribution in [0.4, 0.5) is 30.5 Å². The predicted molar refractivity (Wildman–Crippen MR) is 132 cm³/mol. The first-order chi connectivity index (χ1) is 17.2. The Morgan fingerprint density at radius 2 is 1.84 bits per heavy atom. The van der Waals surface area contributed by atoms with Gasteiger partial charge in [-0.05, 0) is 56.5 Å². The Morgan fingerprint density at radius 1 is 1.14 bits per heavy atom. The standard InChI is InChI=1S/C25H26F3N5O3S/c1-15-13-24(2,3)33(14-15)23-21(22(29)34)18(11-12-30-23)37(35,36)20-10-6-9-19(32-20)31-17-8-5-4-7-16(17)25(26,27)28/h4-12,15H,13-14H2,1-3H3,(H2,29,34)(H,31,32). The number of para-hydroxylation sites is 1. The van der Waals surface area contributed by atoms with Crippen LogP contribution in [0.25, 0.3) is 0 Å². The molecule has 37 heavy (non-hydrogen) atoms. The number of pyridine rings is 2. The number of primary amides is 1. The number of halogens is 3. The average Bonchev–Trinajstić information content (AvgIpc) is 3.10. The summed E-state index contributed by atoms with van der Waals surface area (Å²) in [4.78, 5) is 22.4. The summed E-state index contributed by atoms with van der Waals surface area (Å²) in [6.45, 7) is 6.55. The van der Waals surface area contributed by atoms with Crippen molar-refractivity contribution >= 4 is 33.1 Å². The van der Waals surface area contributed by atoms with Crippen molar-refractivity contribution in [3.05, 3.63) is 65.9 Å². The summed E-state index contributed by atoms with van der Waals surface area (Å²) in [7, 11) is -4.41. The highest BCUT2D eigenvalue weighted by Crippen LogP contribution is 2.39. The van der Waals surface area contributed by atoms with Gasteiger partial charge in [-0.15, -0.1) is 0 Å². The summed E-state index contributed by atoms with van der Waals surface area (Å²) in [5, 5.41) is 2.08. The molecule has 3 N–H and O–H groups in total. The van der Waals surface area contributed by atoms with E-state index in [1.165, 1.54) is 48.7 Å². The molecule has 12 heteroatoms. The van der Waals surface area contributed by atoms with Gasteiger partial charge in [-0.3, -0.25) is 4.79 Å². The average molecular weight is 534 g/mol. The molecule has 0 radical (unpaired) electrons. The van der Waals surface area contributed by atoms with Gasteiger partial charge < -0.3 is 16.0 Å². The summed E-state index contributed by atoms with van der Waals surface area (Å²) in [5.74, 6) is -0.648. The number of hydrogen-bond donors (Lipinski definition) is 2. The number of nitrogens with two attached hydrogens (primary N) is 1. The molecule has 0 bridgehead atoms. The molecule has 196 valence electrons. The van der Waals surface area contributed by atoms with E-state index >= 15 is 0 Å². The third-order valence-corrected chi connectivity index (χ3v) is 7.95. The van der Waals surface area contributed by atoms with Crippen molar-refractivity contribution in [1.29, 1.82) is 0 Å². The van der Waals surface area contributed by atoms with E-state index < -0.39 is 38.0 Å². The first-order valence-corrected chi connectivity index (χ1v) is 12.9. The molecule has 4 rings (SSSR count). The lowest BCUT2D eigenvalue weighted by molar-refractivity contribution is -0.136. The Bertz CT molecular complexity index is 1460. The van der Waals surface area contributed by atoms with Crippen LogP contribution in [0.1, 0.15) is 43.1 Å². The minimum atomic E-state index is -4.63. The van der Waals surface area contributed by atoms with Crippen LogP contribution in [-0.2, 0) is 16.0 Å². The molecule has 8 nitrogen and oxygen atoms in total. The molecule has 0 saturated carbocycles. The summed E-state index contributed by atoms with van der Waals surface area (Å²) < 4.78 is 67.5. The van der Waals surface area contributed by atoms with Crippen molar-refractivity contribution in [3.63, 3.8) is 0 Å². The van der Waals surface area contributed by atoms with E-state index in [0.29, 0.717) is 6.54 Å². The molecule has 0 spiro atoms. The van der Waals surface area contributed by atoms with Crippen molar-refractivity contribution in [2.45, 2.75) is 48.8 Å². The fourth-order valence-electron chi connectivity index (χ4n) is 4.78. The molecule has 3 heterocycles. The number of rotatable bonds is 6. The van der Waals surface area contributed by atoms with E-state index in [9.17, 15) is 26.4 Å². The van der Waals surface area contributed by atoms with Gasteiger partial charge in [0.2, 0.25) is 9.84 Å². The Kier molecular flexibility index (Phi) is 6.65. The van der Waals surface area contributed by atoms with E-state index in [-0.39, 0.29) is 33.7 Å². The summed E-state index contributed by atoms with van der Waals surface area (Å²) in [6.07, 6.45) is -2.54. The van der Waals surface area contributed by atoms with Crippen molar-refractivity contribution in [2.75, 3.05) is 16.8 Å². The maximum Gasteiger partial charge on any atom is 0.418 e. The number of aromatic nitrogens is 2. The Balaban J connectivity index is 1.78. The maximum atomic E-state index is 13.7. The molecule has 1 fully saturated rings. The lowest BCUT2D eigenvalue weighted by Crippen LogP contribution is -2.40. The van der Waals surface area contributed by atoms with Crippen LogP contribution < -0.4 is 16.0 Å². The highest BCUT2D eigenvalue weighted by atomic mass is 32.2. The van der Waals surface area contributed by atoms with Gasteiger partial charge in [0.25, 0.3) is 5.91 Å². The van der Waals surface area contributed by atoms with Crippen LogP contribution in [0.2, 0.25) is 0 Å². The second-order valence-electron chi connectivity index (χ2n) is 9.64. The molecule has 1 aliphatic rings. The zero-order valence-electron chi connectivity index (χ0n) is 20.4. The third kappa shape index (κ3) is 5.10. The summed E-state index contributed by atoms with van der Waals surface area (Å²) in [6, 6.07) is 9.83. The van der Waals surface area contributed by atoms with Crippen molar-refractivity contribution in [2.24, 2.45) is 11.7 Å². The molecule has 1 amide bonds. The van der Waals surface area contributed by atoms with Gasteiger partial charge in [0, 0.05) is 18.3 Å². The number of nitrogens with one attached hydrogen (secondary N) is 1. The van der Waals surface area contributed by atoms with Crippen LogP contribution in [0.5, 0.6) is 0 Å². The molecule has 1 aromatic carbocycles. The second kappa shape index (κ2) is 9.33. The van der Waals surface area contributed by atoms with Crippen LogP contribution in [0.3, 0.4) is 0 Å². The maximum absolute atomic E-state index is 13.7. The lowest BCUT2D eigenvalue weighted by Gasteiger charge is -2.33. The number of amides is 1. The Morgan fingerprint density at radius 3 is 2.46 bits per heavy atom. The van der Waals surface area contributed by atoms with E-state index in [0.717, 1.165) is 12.5 Å². The molecular weight excluding hydrogens is 507 g/mol. The number of sulfone groups is 1. The minimum absolute atomic E-state index is 0.123. The SMILES string of the molecule is CC1CN(c2nccc(S(=O)(=O)c3cccc(Nc4ccccc4C(F)(F)F)n3)c2C(N)=O)C(C)(C)C1. The molecular formula is C25H26F3N5O3S. The molecule has 1 saturated heterocycles. The normalized spacial score (nSPS) is 17.6. The fourth-order valence-corrected chi connectivity index (χ4v) is 6.18. The number of alkyl halides is 3. The first kappa shape index (κ1) is 26.4. The van der Waals surface area contributed by atoms with Crippen LogP contribution >= 0.6 is 0 Å². The highest BCUT2D eigenvalue weighted by molar-refractivity contribution is 7.91. The van der Waals surface area contributed by atoms with Gasteiger partial charge in [-0.25, -0.2) is 18.4 Å². The fraction of sp³-hybridized carbons (Fsp3) is 0.320. The Labute approximate surface area is 212 Å². The largest absolute Gasteiger partial charge is 0.418 e. The Hall–Kier alpha value is -3.67. The summed E-state index contributed by atoms with van der Waals surface area (Å²) >= 11 is 0. The van der Waals surface area contributed by atoms with Crippen molar-refractivity contribution in [3.8, 4) is 0 Å². The predicted octanol–water partition coefficient (Wildman–Crippen LogP) is 4.80. The van der Waals surface area contributed by atoms with Crippen molar-refractivity contribution in [1.82, 2.24) is 9.97 Å². The van der Waals surface area contributed by atoms with Gasteiger partial charge in [0.15, 0.2) is 5.03 Å². The molecule has 3 aromatic rings. The number of carbonyl (C=O) groups excluding carboxylic acids is 1. The van der Waals surface area contributed by atoms with Crippen LogP contribution in [-0.4, -0.2) is 36.4 Å². The summed E-state index contributed by atoms with van der Waals surface area (Å²) in [5.41, 5.74) is 3.79. The molecule has 1 aliphatic heterocycles. The quantitative estimate of drug-likeness (QED) is 0.467. The monoisotopic (exact) mass is 533 g/mol. The van der Waals surface area contributed by atoms with Gasteiger partial charge >= 0.3 is 6.18 Å². The highest BCUT2D eigenvalue weighted by Gasteiger charge is 2.40. The lowest BCUT2D eigenvalue weighted by atomic mass is 9.97. The number of nitrogens with zero attached hydrogens (tertiary/aromatic N) is 3. The molecule has 2 aromatic heterocycles. The topological polar surface area (TPSA) is 118 Å². The van der Waals surface area contributed by atoms with Gasteiger partial charge in [0.05, 0.1) is 16.1 Å². The van der Waals surface area contributed by atoms with E-state index in [1.807, 2.05) is 25.7 Å². The third-order valence-electron chi connectivity index (χ3n) is 6.25. The van der Waals surface area contributed by atoms with E-state index in [1.54, 1.807) is 0 Å². The number of anilines is 3. The number of hydrogen-bond acceptors (Lipinski definition) is 7.